The van der Waals surface area contributed by atoms with Gasteiger partial charge in [-0.3, -0.25) is 14.2 Å². The van der Waals surface area contributed by atoms with Crippen LogP contribution in [-0.4, -0.2) is 69.4 Å². The minimum Gasteiger partial charge on any atom is -0.756 e. The summed E-state index contributed by atoms with van der Waals surface area (Å²) in [6, 6.07) is -0.909. The molecular weight excluding hydrogens is 1060 g/mol. The molecule has 0 aliphatic heterocycles. The second-order valence-electron chi connectivity index (χ2n) is 24.3. The normalized spacial score (nSPS) is 14.2. The quantitative estimate of drug-likeness (QED) is 0.0212. The molecule has 0 heterocycles. The van der Waals surface area contributed by atoms with Crippen LogP contribution in [0.25, 0.3) is 0 Å². The van der Waals surface area contributed by atoms with E-state index in [9.17, 15) is 19.0 Å². The molecule has 0 fully saturated rings. The molecule has 0 aliphatic rings. The van der Waals surface area contributed by atoms with Crippen molar-refractivity contribution in [3.63, 3.8) is 0 Å². The van der Waals surface area contributed by atoms with Gasteiger partial charge in [-0.2, -0.15) is 0 Å². The van der Waals surface area contributed by atoms with Gasteiger partial charge in [-0.05, 0) is 122 Å². The van der Waals surface area contributed by atoms with E-state index in [-0.39, 0.29) is 31.3 Å². The second-order valence-corrected chi connectivity index (χ2v) is 25.7. The van der Waals surface area contributed by atoms with Gasteiger partial charge >= 0.3 is 5.97 Å². The molecule has 84 heavy (non-hydrogen) atoms. The van der Waals surface area contributed by atoms with Crippen LogP contribution < -0.4 is 10.2 Å². The van der Waals surface area contributed by atoms with Crippen molar-refractivity contribution in [1.29, 1.82) is 0 Å². The van der Waals surface area contributed by atoms with Crippen LogP contribution in [0.1, 0.15) is 297 Å². The summed E-state index contributed by atoms with van der Waals surface area (Å²) in [5.41, 5.74) is 0. The van der Waals surface area contributed by atoms with Crippen LogP contribution in [-0.2, 0) is 27.9 Å². The van der Waals surface area contributed by atoms with Gasteiger partial charge in [0.1, 0.15) is 19.3 Å². The number of esters is 1. The number of quaternary nitrogens is 1. The number of phosphoric acid groups is 1. The molecule has 0 bridgehead atoms. The Balaban J connectivity index is 5.17. The number of carbonyl (C=O) groups is 2. The zero-order valence-electron chi connectivity index (χ0n) is 55.3. The van der Waals surface area contributed by atoms with Crippen molar-refractivity contribution in [3.05, 3.63) is 109 Å². The Bertz CT molecular complexity index is 1810. The largest absolute Gasteiger partial charge is 0.756 e. The Labute approximate surface area is 519 Å². The standard InChI is InChI=1S/C74H131N2O7P/c1-7-10-13-16-19-22-25-28-30-32-34-36-37-38-39-41-43-45-47-49-52-55-58-61-64-67-74(78)83-72(65-62-59-56-53-50-27-24-21-18-15-12-9-3)71(70-82-84(79,80)81-69-68-76(4,5)6)75-73(77)66-63-60-57-54-51-48-46-44-42-40-35-33-31-29-26-23-20-17-14-11-8-2/h19-20,22-23,28-31,34-36,38-40,44,46,62,65,71-72H,7-18,21,24-27,32-33,37,41-43,45,47-61,63-64,66-70H2,1-6H3,(H-,75,77,79,80)/b22-19-,23-20-,30-28-,31-29-,36-34-,39-38-,40-35-,46-44-,65-62+. The molecule has 0 aromatic carbocycles. The van der Waals surface area contributed by atoms with Crippen molar-refractivity contribution in [2.45, 2.75) is 309 Å². The molecule has 0 spiro atoms. The van der Waals surface area contributed by atoms with E-state index < -0.39 is 26.6 Å². The van der Waals surface area contributed by atoms with Crippen LogP contribution >= 0.6 is 7.82 Å². The number of likely N-dealkylation sites (N-methyl/N-ethyl adjacent to an activating group) is 1. The molecule has 10 heteroatoms. The first-order valence-corrected chi connectivity index (χ1v) is 36.2. The summed E-state index contributed by atoms with van der Waals surface area (Å²) >= 11 is 0. The number of ether oxygens (including phenoxy) is 1. The van der Waals surface area contributed by atoms with Crippen molar-refractivity contribution in [2.75, 3.05) is 40.9 Å². The molecule has 3 unspecified atom stereocenters. The van der Waals surface area contributed by atoms with Gasteiger partial charge in [0, 0.05) is 12.8 Å². The fourth-order valence-electron chi connectivity index (χ4n) is 9.55. The molecule has 0 radical (unpaired) electrons. The third-order valence-electron chi connectivity index (χ3n) is 14.9. The number of carbonyl (C=O) groups excluding carboxylic acids is 2. The molecule has 3 atom stereocenters. The van der Waals surface area contributed by atoms with Crippen molar-refractivity contribution >= 4 is 19.7 Å². The number of nitrogens with zero attached hydrogens (tertiary/aromatic N) is 1. The Morgan fingerprint density at radius 2 is 0.726 bits per heavy atom. The van der Waals surface area contributed by atoms with Crippen LogP contribution in [0.2, 0.25) is 0 Å². The average Bonchev–Trinajstić information content (AvgIpc) is 3.64. The number of nitrogens with one attached hydrogen (secondary N) is 1. The van der Waals surface area contributed by atoms with E-state index in [2.05, 4.69) is 123 Å². The van der Waals surface area contributed by atoms with Crippen molar-refractivity contribution in [1.82, 2.24) is 5.32 Å². The average molecular weight is 1190 g/mol. The van der Waals surface area contributed by atoms with E-state index in [0.717, 1.165) is 122 Å². The molecule has 0 saturated heterocycles. The Kier molecular flexibility index (Phi) is 60.2. The van der Waals surface area contributed by atoms with E-state index in [1.807, 2.05) is 33.3 Å². The fourth-order valence-corrected chi connectivity index (χ4v) is 10.3. The lowest BCUT2D eigenvalue weighted by Gasteiger charge is -2.30. The van der Waals surface area contributed by atoms with E-state index in [0.29, 0.717) is 17.4 Å². The zero-order valence-corrected chi connectivity index (χ0v) is 56.2. The van der Waals surface area contributed by atoms with E-state index in [4.69, 9.17) is 13.8 Å². The van der Waals surface area contributed by atoms with Crippen LogP contribution in [0.3, 0.4) is 0 Å². The van der Waals surface area contributed by atoms with E-state index in [1.54, 1.807) is 0 Å². The Hall–Kier alpha value is -3.33. The van der Waals surface area contributed by atoms with E-state index >= 15 is 0 Å². The number of phosphoric ester groups is 1. The lowest BCUT2D eigenvalue weighted by molar-refractivity contribution is -0.870. The van der Waals surface area contributed by atoms with Gasteiger partial charge in [-0.25, -0.2) is 0 Å². The van der Waals surface area contributed by atoms with Gasteiger partial charge in [0.05, 0.1) is 33.8 Å². The minimum absolute atomic E-state index is 0.0324. The van der Waals surface area contributed by atoms with Gasteiger partial charge in [0.15, 0.2) is 0 Å². The lowest BCUT2D eigenvalue weighted by Crippen LogP contribution is -2.47. The Morgan fingerprint density at radius 3 is 1.11 bits per heavy atom. The molecule has 0 aromatic heterocycles. The van der Waals surface area contributed by atoms with Gasteiger partial charge in [-0.15, -0.1) is 0 Å². The number of allylic oxidation sites excluding steroid dienone is 17. The highest BCUT2D eigenvalue weighted by molar-refractivity contribution is 7.45. The first-order valence-electron chi connectivity index (χ1n) is 34.7. The maximum atomic E-state index is 13.6. The molecule has 1 N–H and O–H groups in total. The number of rotatable bonds is 62. The number of hydrogen-bond acceptors (Lipinski definition) is 7. The summed E-state index contributed by atoms with van der Waals surface area (Å²) in [6.45, 7) is 6.77. The third-order valence-corrected chi connectivity index (χ3v) is 15.9. The van der Waals surface area contributed by atoms with Gasteiger partial charge in [-0.1, -0.05) is 272 Å². The van der Waals surface area contributed by atoms with Gasteiger partial charge < -0.3 is 28.5 Å². The molecule has 0 rings (SSSR count). The van der Waals surface area contributed by atoms with Gasteiger partial charge in [0.2, 0.25) is 5.91 Å². The number of amides is 1. The summed E-state index contributed by atoms with van der Waals surface area (Å²) in [5, 5.41) is 3.03. The van der Waals surface area contributed by atoms with Gasteiger partial charge in [0.25, 0.3) is 7.82 Å². The minimum atomic E-state index is -4.72. The maximum Gasteiger partial charge on any atom is 0.306 e. The van der Waals surface area contributed by atoms with Crippen LogP contribution in [0.5, 0.6) is 0 Å². The van der Waals surface area contributed by atoms with Crippen molar-refractivity contribution < 1.29 is 37.3 Å². The predicted molar refractivity (Wildman–Crippen MR) is 362 cm³/mol. The number of hydrogen-bond donors (Lipinski definition) is 1. The molecule has 0 aromatic rings. The molecule has 0 saturated carbocycles. The first-order chi connectivity index (χ1) is 40.9. The first kappa shape index (κ1) is 80.7. The summed E-state index contributed by atoms with van der Waals surface area (Å²) in [5.74, 6) is -0.570. The SMILES string of the molecule is CCCCC/C=C\C/C=C\C/C=C\C/C=C\CCCCCCCCCCCC(=O)OC(/C=C/CCCCCCCCCCCC)C(COP(=O)([O-])OCC[N+](C)(C)C)NC(=O)CCCCCCC/C=C\C/C=C\C/C=C\C/C=C\CCCCC. The fraction of sp³-hybridized carbons (Fsp3) is 0.730. The lowest BCUT2D eigenvalue weighted by atomic mass is 10.0. The zero-order chi connectivity index (χ0) is 61.4. The smallest absolute Gasteiger partial charge is 0.306 e. The molecule has 1 amide bonds. The topological polar surface area (TPSA) is 114 Å². The Morgan fingerprint density at radius 1 is 0.417 bits per heavy atom. The highest BCUT2D eigenvalue weighted by atomic mass is 31.2. The van der Waals surface area contributed by atoms with Crippen LogP contribution in [0.4, 0.5) is 0 Å². The monoisotopic (exact) mass is 1190 g/mol. The predicted octanol–water partition coefficient (Wildman–Crippen LogP) is 21.4. The van der Waals surface area contributed by atoms with Crippen LogP contribution in [0.15, 0.2) is 109 Å². The molecule has 9 nitrogen and oxygen atoms in total. The third kappa shape index (κ3) is 63.2. The molecular formula is C74H131N2O7P. The highest BCUT2D eigenvalue weighted by Crippen LogP contribution is 2.38. The molecule has 0 aliphatic carbocycles. The summed E-state index contributed by atoms with van der Waals surface area (Å²) in [7, 11) is 1.16. The number of unbranched alkanes of at least 4 members (excludes halogenated alkanes) is 30. The summed E-state index contributed by atoms with van der Waals surface area (Å²) in [6.07, 6.45) is 86.3. The molecule has 484 valence electrons. The highest BCUT2D eigenvalue weighted by Gasteiger charge is 2.27. The summed E-state index contributed by atoms with van der Waals surface area (Å²) < 4.78 is 30.4. The van der Waals surface area contributed by atoms with E-state index in [1.165, 1.54) is 135 Å². The van der Waals surface area contributed by atoms with Crippen molar-refractivity contribution in [2.24, 2.45) is 0 Å². The van der Waals surface area contributed by atoms with Crippen LogP contribution in [0, 0.1) is 0 Å². The van der Waals surface area contributed by atoms with Crippen molar-refractivity contribution in [3.8, 4) is 0 Å². The maximum absolute atomic E-state index is 13.6. The summed E-state index contributed by atoms with van der Waals surface area (Å²) in [4.78, 5) is 40.2. The second kappa shape index (κ2) is 62.7.